The minimum absolute atomic E-state index is 0.0275. The van der Waals surface area contributed by atoms with E-state index in [2.05, 4.69) is 20.9 Å². The molecule has 1 fully saturated rings. The van der Waals surface area contributed by atoms with Crippen LogP contribution >= 0.6 is 39.3 Å². The Balaban J connectivity index is 1.92. The van der Waals surface area contributed by atoms with Crippen LogP contribution in [0.5, 0.6) is 11.5 Å². The predicted molar refractivity (Wildman–Crippen MR) is 141 cm³/mol. The second-order valence-electron chi connectivity index (χ2n) is 8.03. The van der Waals surface area contributed by atoms with Gasteiger partial charge in [0, 0.05) is 22.7 Å². The first kappa shape index (κ1) is 25.7. The van der Waals surface area contributed by atoms with Crippen LogP contribution in [0.3, 0.4) is 0 Å². The molecule has 2 aromatic carbocycles. The topological polar surface area (TPSA) is 51.1 Å². The molecule has 1 amide bonds. The molecule has 0 atom stereocenters. The van der Waals surface area contributed by atoms with Crippen molar-refractivity contribution in [2.24, 2.45) is 4.99 Å². The maximum Gasteiger partial charge on any atom is 0.266 e. The molecule has 0 unspecified atom stereocenters. The Morgan fingerprint density at radius 2 is 1.91 bits per heavy atom. The van der Waals surface area contributed by atoms with Crippen LogP contribution in [-0.2, 0) is 11.4 Å². The fourth-order valence-electron chi connectivity index (χ4n) is 3.24. The highest BCUT2D eigenvalue weighted by Crippen LogP contribution is 2.40. The van der Waals surface area contributed by atoms with Gasteiger partial charge in [0.15, 0.2) is 16.7 Å². The third-order valence-corrected chi connectivity index (χ3v) is 6.64. The first-order valence-corrected chi connectivity index (χ1v) is 12.8. The summed E-state index contributed by atoms with van der Waals surface area (Å²) in [5.41, 5.74) is 1.72. The monoisotopic (exact) mass is 550 g/mol. The Morgan fingerprint density at radius 3 is 2.55 bits per heavy atom. The second-order valence-corrected chi connectivity index (χ2v) is 10.3. The average Bonchev–Trinajstić information content (AvgIpc) is 3.03. The van der Waals surface area contributed by atoms with E-state index in [9.17, 15) is 4.79 Å². The summed E-state index contributed by atoms with van der Waals surface area (Å²) >= 11 is 11.3. The van der Waals surface area contributed by atoms with Crippen LogP contribution in [0.4, 0.5) is 0 Å². The van der Waals surface area contributed by atoms with Crippen LogP contribution in [0.25, 0.3) is 6.08 Å². The molecule has 0 spiro atoms. The zero-order chi connectivity index (χ0) is 24.1. The number of benzene rings is 2. The number of nitrogens with zero attached hydrogens (tertiary/aromatic N) is 2. The van der Waals surface area contributed by atoms with E-state index in [4.69, 9.17) is 21.1 Å². The molecule has 176 valence electrons. The van der Waals surface area contributed by atoms with E-state index in [0.29, 0.717) is 34.6 Å². The van der Waals surface area contributed by atoms with Gasteiger partial charge in [-0.3, -0.25) is 14.7 Å². The van der Waals surface area contributed by atoms with Crippen LogP contribution in [-0.4, -0.2) is 34.7 Å². The van der Waals surface area contributed by atoms with Gasteiger partial charge in [-0.1, -0.05) is 29.8 Å². The molecular weight excluding hydrogens is 524 g/mol. The lowest BCUT2D eigenvalue weighted by Crippen LogP contribution is -2.35. The molecule has 1 aliphatic heterocycles. The number of hydrogen-bond donors (Lipinski definition) is 0. The second kappa shape index (κ2) is 11.4. The summed E-state index contributed by atoms with van der Waals surface area (Å²) < 4.78 is 12.7. The number of halogens is 2. The number of aliphatic imine (C=N–C) groups is 1. The van der Waals surface area contributed by atoms with Gasteiger partial charge in [0.05, 0.1) is 16.0 Å². The molecule has 0 bridgehead atoms. The van der Waals surface area contributed by atoms with Crippen molar-refractivity contribution < 1.29 is 14.3 Å². The number of thioether (sulfide) groups is 1. The van der Waals surface area contributed by atoms with Crippen molar-refractivity contribution in [3.8, 4) is 11.5 Å². The van der Waals surface area contributed by atoms with E-state index in [1.165, 1.54) is 11.8 Å². The quantitative estimate of drug-likeness (QED) is 0.326. The average molecular weight is 552 g/mol. The molecule has 0 aliphatic carbocycles. The van der Waals surface area contributed by atoms with Crippen molar-refractivity contribution in [1.29, 1.82) is 0 Å². The van der Waals surface area contributed by atoms with E-state index < -0.39 is 0 Å². The SMILES string of the molecule is CCOc1cc(/C=C2/SC(=NC(C)C)N(C(C)C)C2=O)cc(Br)c1OCc1ccccc1Cl. The minimum Gasteiger partial charge on any atom is -0.490 e. The fraction of sp³-hybridized carbons (Fsp3) is 0.360. The fourth-order valence-corrected chi connectivity index (χ4v) is 5.24. The van der Waals surface area contributed by atoms with Gasteiger partial charge in [0.1, 0.15) is 6.61 Å². The standard InChI is InChI=1S/C25H28BrClN2O3S/c1-6-31-21-12-17(11-19(26)23(21)32-14-18-9-7-8-10-20(18)27)13-22-24(30)29(16(4)5)25(33-22)28-15(2)3/h7-13,15-16H,6,14H2,1-5H3/b22-13+,28-25?. The lowest BCUT2D eigenvalue weighted by Gasteiger charge is -2.20. The number of rotatable bonds is 8. The van der Waals surface area contributed by atoms with E-state index in [-0.39, 0.29) is 18.0 Å². The summed E-state index contributed by atoms with van der Waals surface area (Å²) in [6.45, 7) is 10.7. The van der Waals surface area contributed by atoms with Crippen LogP contribution < -0.4 is 9.47 Å². The molecule has 0 radical (unpaired) electrons. The normalized spacial score (nSPS) is 16.5. The van der Waals surface area contributed by atoms with Gasteiger partial charge in [0.2, 0.25) is 0 Å². The summed E-state index contributed by atoms with van der Waals surface area (Å²) in [6, 6.07) is 11.5. The molecule has 33 heavy (non-hydrogen) atoms. The first-order chi connectivity index (χ1) is 15.7. The smallest absolute Gasteiger partial charge is 0.266 e. The number of amides is 1. The van der Waals surface area contributed by atoms with Crippen molar-refractivity contribution in [2.75, 3.05) is 6.61 Å². The van der Waals surface area contributed by atoms with E-state index in [0.717, 1.165) is 20.8 Å². The third-order valence-electron chi connectivity index (χ3n) is 4.68. The van der Waals surface area contributed by atoms with Crippen LogP contribution in [0.2, 0.25) is 5.02 Å². The first-order valence-electron chi connectivity index (χ1n) is 10.8. The zero-order valence-electron chi connectivity index (χ0n) is 19.4. The Bertz CT molecular complexity index is 1090. The van der Waals surface area contributed by atoms with Gasteiger partial charge < -0.3 is 9.47 Å². The molecule has 8 heteroatoms. The van der Waals surface area contributed by atoms with Crippen LogP contribution in [0.15, 0.2) is 50.8 Å². The Hall–Kier alpha value is -1.96. The van der Waals surface area contributed by atoms with Crippen molar-refractivity contribution in [3.63, 3.8) is 0 Å². The summed E-state index contributed by atoms with van der Waals surface area (Å²) in [4.78, 5) is 20.1. The van der Waals surface area contributed by atoms with E-state index in [1.807, 2.05) is 77.1 Å². The maximum absolute atomic E-state index is 13.1. The summed E-state index contributed by atoms with van der Waals surface area (Å²) in [5, 5.41) is 1.39. The molecule has 3 rings (SSSR count). The summed E-state index contributed by atoms with van der Waals surface area (Å²) in [6.07, 6.45) is 1.87. The number of carbonyl (C=O) groups excluding carboxylic acids is 1. The summed E-state index contributed by atoms with van der Waals surface area (Å²) in [7, 11) is 0. The molecule has 1 aliphatic rings. The molecule has 1 heterocycles. The zero-order valence-corrected chi connectivity index (χ0v) is 22.6. The number of hydrogen-bond acceptors (Lipinski definition) is 5. The predicted octanol–water partition coefficient (Wildman–Crippen LogP) is 7.17. The highest BCUT2D eigenvalue weighted by Gasteiger charge is 2.35. The van der Waals surface area contributed by atoms with Crippen LogP contribution in [0.1, 0.15) is 45.7 Å². The highest BCUT2D eigenvalue weighted by molar-refractivity contribution is 9.10. The van der Waals surface area contributed by atoms with E-state index in [1.54, 1.807) is 4.90 Å². The Kier molecular flexibility index (Phi) is 8.90. The number of carbonyl (C=O) groups is 1. The van der Waals surface area contributed by atoms with E-state index >= 15 is 0 Å². The molecule has 0 aromatic heterocycles. The molecular formula is C25H28BrClN2O3S. The van der Waals surface area contributed by atoms with Crippen molar-refractivity contribution >= 4 is 56.4 Å². The third kappa shape index (κ3) is 6.34. The number of ether oxygens (including phenoxy) is 2. The minimum atomic E-state index is -0.0393. The number of amidine groups is 1. The van der Waals surface area contributed by atoms with Gasteiger partial charge >= 0.3 is 0 Å². The molecule has 2 aromatic rings. The lowest BCUT2D eigenvalue weighted by atomic mass is 10.1. The summed E-state index contributed by atoms with van der Waals surface area (Å²) in [5.74, 6) is 1.15. The van der Waals surface area contributed by atoms with Crippen molar-refractivity contribution in [3.05, 3.63) is 61.9 Å². The molecule has 1 saturated heterocycles. The van der Waals surface area contributed by atoms with Gasteiger partial charge in [-0.15, -0.1) is 0 Å². The highest BCUT2D eigenvalue weighted by atomic mass is 79.9. The Morgan fingerprint density at radius 1 is 1.18 bits per heavy atom. The molecule has 0 N–H and O–H groups in total. The lowest BCUT2D eigenvalue weighted by molar-refractivity contribution is -0.123. The van der Waals surface area contributed by atoms with Crippen molar-refractivity contribution in [1.82, 2.24) is 4.90 Å². The maximum atomic E-state index is 13.1. The molecule has 0 saturated carbocycles. The van der Waals surface area contributed by atoms with Gasteiger partial charge in [-0.2, -0.15) is 0 Å². The van der Waals surface area contributed by atoms with Gasteiger partial charge in [-0.25, -0.2) is 0 Å². The largest absolute Gasteiger partial charge is 0.490 e. The van der Waals surface area contributed by atoms with Gasteiger partial charge in [-0.05, 0) is 92.1 Å². The Labute approximate surface area is 213 Å². The van der Waals surface area contributed by atoms with Crippen molar-refractivity contribution in [2.45, 2.75) is 53.3 Å². The van der Waals surface area contributed by atoms with Gasteiger partial charge in [0.25, 0.3) is 5.91 Å². The van der Waals surface area contributed by atoms with Crippen LogP contribution in [0, 0.1) is 0 Å². The molecule has 5 nitrogen and oxygen atoms in total.